The molecule has 2 rings (SSSR count). The molecule has 0 saturated heterocycles. The number of para-hydroxylation sites is 1. The number of nitriles is 1. The largest absolute Gasteiger partial charge is 0.350 e. The number of amides is 1. The lowest BCUT2D eigenvalue weighted by Gasteiger charge is -2.09. The summed E-state index contributed by atoms with van der Waals surface area (Å²) in [6.45, 7) is 2.81. The third kappa shape index (κ3) is 5.74. The van der Waals surface area contributed by atoms with E-state index in [0.29, 0.717) is 12.5 Å². The molecule has 1 aromatic rings. The molecule has 0 aromatic heterocycles. The van der Waals surface area contributed by atoms with E-state index < -0.39 is 5.91 Å². The van der Waals surface area contributed by atoms with E-state index >= 15 is 0 Å². The number of unbranched alkanes of at least 4 members (excludes halogenated alkanes) is 2. The number of hydrogen-bond donors (Lipinski definition) is 2. The van der Waals surface area contributed by atoms with Gasteiger partial charge in [0.2, 0.25) is 5.71 Å². The minimum atomic E-state index is -0.407. The smallest absolute Gasteiger partial charge is 0.282 e. The van der Waals surface area contributed by atoms with E-state index in [1.165, 1.54) is 12.8 Å². The second-order valence-corrected chi connectivity index (χ2v) is 5.95. The van der Waals surface area contributed by atoms with Crippen LogP contribution in [0.5, 0.6) is 0 Å². The standard InChI is InChI=1S/C18H24N4O/c1-2-3-4-7-15-8-5-6-9-16(15)21-22-17(12-19)18(23)20-13-14-10-11-14/h5-6,8-9,14,21H,2-4,7,10-11,13H2,1H3,(H,20,23)/b22-17-. The molecule has 1 saturated carbocycles. The Morgan fingerprint density at radius 3 is 2.83 bits per heavy atom. The number of carbonyl (C=O) groups is 1. The number of nitrogens with one attached hydrogen (secondary N) is 2. The first-order valence-corrected chi connectivity index (χ1v) is 8.34. The molecule has 1 aromatic carbocycles. The Bertz CT molecular complexity index is 599. The summed E-state index contributed by atoms with van der Waals surface area (Å²) in [4.78, 5) is 11.9. The van der Waals surface area contributed by atoms with Crippen LogP contribution in [0.2, 0.25) is 0 Å². The van der Waals surface area contributed by atoms with Gasteiger partial charge in [-0.05, 0) is 43.2 Å². The average Bonchev–Trinajstić information content (AvgIpc) is 3.39. The second-order valence-electron chi connectivity index (χ2n) is 5.95. The van der Waals surface area contributed by atoms with E-state index in [1.807, 2.05) is 30.3 Å². The fourth-order valence-corrected chi connectivity index (χ4v) is 2.30. The fraction of sp³-hybridized carbons (Fsp3) is 0.500. The van der Waals surface area contributed by atoms with E-state index in [0.717, 1.165) is 36.9 Å². The highest BCUT2D eigenvalue weighted by molar-refractivity contribution is 6.45. The van der Waals surface area contributed by atoms with Crippen molar-refractivity contribution in [1.82, 2.24) is 5.32 Å². The van der Waals surface area contributed by atoms with Gasteiger partial charge in [0.15, 0.2) is 0 Å². The third-order valence-electron chi connectivity index (χ3n) is 3.92. The van der Waals surface area contributed by atoms with Crippen molar-refractivity contribution >= 4 is 17.3 Å². The highest BCUT2D eigenvalue weighted by Gasteiger charge is 2.22. The highest BCUT2D eigenvalue weighted by Crippen LogP contribution is 2.27. The quantitative estimate of drug-likeness (QED) is 0.417. The molecule has 0 atom stereocenters. The van der Waals surface area contributed by atoms with Crippen LogP contribution in [-0.4, -0.2) is 18.2 Å². The molecule has 122 valence electrons. The number of hydrogen-bond acceptors (Lipinski definition) is 4. The molecule has 0 radical (unpaired) electrons. The molecular weight excluding hydrogens is 288 g/mol. The highest BCUT2D eigenvalue weighted by atomic mass is 16.1. The van der Waals surface area contributed by atoms with Gasteiger partial charge in [0, 0.05) is 6.54 Å². The Hall–Kier alpha value is -2.35. The maximum absolute atomic E-state index is 11.9. The number of anilines is 1. The average molecular weight is 312 g/mol. The van der Waals surface area contributed by atoms with Crippen molar-refractivity contribution < 1.29 is 4.79 Å². The SMILES string of the molecule is CCCCCc1ccccc1N/N=C(/C#N)C(=O)NCC1CC1. The van der Waals surface area contributed by atoms with Gasteiger partial charge in [-0.1, -0.05) is 38.0 Å². The van der Waals surface area contributed by atoms with E-state index in [2.05, 4.69) is 22.8 Å². The molecule has 0 spiro atoms. The molecule has 5 heteroatoms. The summed E-state index contributed by atoms with van der Waals surface area (Å²) in [6, 6.07) is 9.74. The first kappa shape index (κ1) is 17.0. The van der Waals surface area contributed by atoms with Gasteiger partial charge in [0.05, 0.1) is 5.69 Å². The summed E-state index contributed by atoms with van der Waals surface area (Å²) in [6.07, 6.45) is 6.75. The number of nitrogens with zero attached hydrogens (tertiary/aromatic N) is 2. The van der Waals surface area contributed by atoms with Gasteiger partial charge in [-0.15, -0.1) is 0 Å². The van der Waals surface area contributed by atoms with Gasteiger partial charge in [0.25, 0.3) is 5.91 Å². The second kappa shape index (κ2) is 8.94. The lowest BCUT2D eigenvalue weighted by Crippen LogP contribution is -2.32. The van der Waals surface area contributed by atoms with Crippen molar-refractivity contribution in [3.8, 4) is 6.07 Å². The Morgan fingerprint density at radius 1 is 1.35 bits per heavy atom. The molecule has 0 bridgehead atoms. The van der Waals surface area contributed by atoms with Gasteiger partial charge in [-0.2, -0.15) is 10.4 Å². The van der Waals surface area contributed by atoms with Gasteiger partial charge in [0.1, 0.15) is 6.07 Å². The molecule has 0 unspecified atom stereocenters. The van der Waals surface area contributed by atoms with Crippen molar-refractivity contribution in [2.75, 3.05) is 12.0 Å². The summed E-state index contributed by atoms with van der Waals surface area (Å²) < 4.78 is 0. The van der Waals surface area contributed by atoms with Gasteiger partial charge in [-0.3, -0.25) is 10.2 Å². The normalized spacial score (nSPS) is 14.2. The number of rotatable bonds is 9. The monoisotopic (exact) mass is 312 g/mol. The Labute approximate surface area is 137 Å². The van der Waals surface area contributed by atoms with E-state index in [1.54, 1.807) is 0 Å². The lowest BCUT2D eigenvalue weighted by molar-refractivity contribution is -0.114. The predicted octanol–water partition coefficient (Wildman–Crippen LogP) is 3.24. The molecular formula is C18H24N4O. The van der Waals surface area contributed by atoms with E-state index in [9.17, 15) is 4.79 Å². The van der Waals surface area contributed by atoms with Crippen LogP contribution in [0.4, 0.5) is 5.69 Å². The zero-order valence-corrected chi connectivity index (χ0v) is 13.6. The zero-order valence-electron chi connectivity index (χ0n) is 13.6. The molecule has 1 aliphatic rings. The van der Waals surface area contributed by atoms with Gasteiger partial charge < -0.3 is 5.32 Å². The van der Waals surface area contributed by atoms with E-state index in [-0.39, 0.29) is 5.71 Å². The summed E-state index contributed by atoms with van der Waals surface area (Å²) in [5.41, 5.74) is 4.76. The van der Waals surface area contributed by atoms with Gasteiger partial charge >= 0.3 is 0 Å². The Kier molecular flexibility index (Phi) is 6.61. The van der Waals surface area contributed by atoms with Crippen molar-refractivity contribution in [2.45, 2.75) is 45.4 Å². The third-order valence-corrected chi connectivity index (χ3v) is 3.92. The minimum Gasteiger partial charge on any atom is -0.350 e. The van der Waals surface area contributed by atoms with Crippen LogP contribution in [0.3, 0.4) is 0 Å². The molecule has 2 N–H and O–H groups in total. The topological polar surface area (TPSA) is 77.3 Å². The number of benzene rings is 1. The van der Waals surface area contributed by atoms with Crippen LogP contribution in [-0.2, 0) is 11.2 Å². The number of aryl methyl sites for hydroxylation is 1. The molecule has 1 fully saturated rings. The van der Waals surface area contributed by atoms with Crippen molar-refractivity contribution in [3.05, 3.63) is 29.8 Å². The van der Waals surface area contributed by atoms with Crippen LogP contribution in [0.15, 0.2) is 29.4 Å². The summed E-state index contributed by atoms with van der Waals surface area (Å²) >= 11 is 0. The van der Waals surface area contributed by atoms with Crippen molar-refractivity contribution in [3.63, 3.8) is 0 Å². The summed E-state index contributed by atoms with van der Waals surface area (Å²) in [7, 11) is 0. The fourth-order valence-electron chi connectivity index (χ4n) is 2.30. The van der Waals surface area contributed by atoms with Crippen LogP contribution in [0.25, 0.3) is 0 Å². The first-order chi connectivity index (χ1) is 11.2. The Morgan fingerprint density at radius 2 is 2.13 bits per heavy atom. The Balaban J connectivity index is 1.95. The van der Waals surface area contributed by atoms with Crippen LogP contribution in [0, 0.1) is 17.2 Å². The molecule has 5 nitrogen and oxygen atoms in total. The van der Waals surface area contributed by atoms with Crippen LogP contribution >= 0.6 is 0 Å². The summed E-state index contributed by atoms with van der Waals surface area (Å²) in [5.74, 6) is 0.168. The molecule has 23 heavy (non-hydrogen) atoms. The molecule has 0 aliphatic heterocycles. The molecule has 1 amide bonds. The number of hydrazone groups is 1. The van der Waals surface area contributed by atoms with Crippen LogP contribution < -0.4 is 10.7 Å². The van der Waals surface area contributed by atoms with Crippen molar-refractivity contribution in [1.29, 1.82) is 5.26 Å². The predicted molar refractivity (Wildman–Crippen MR) is 92.1 cm³/mol. The number of carbonyl (C=O) groups excluding carboxylic acids is 1. The molecule has 1 aliphatic carbocycles. The lowest BCUT2D eigenvalue weighted by atomic mass is 10.1. The maximum Gasteiger partial charge on any atom is 0.282 e. The van der Waals surface area contributed by atoms with Crippen molar-refractivity contribution in [2.24, 2.45) is 11.0 Å². The van der Waals surface area contributed by atoms with E-state index in [4.69, 9.17) is 5.26 Å². The molecule has 0 heterocycles. The maximum atomic E-state index is 11.9. The van der Waals surface area contributed by atoms with Gasteiger partial charge in [-0.25, -0.2) is 0 Å². The first-order valence-electron chi connectivity index (χ1n) is 8.34. The minimum absolute atomic E-state index is 0.131. The van der Waals surface area contributed by atoms with Crippen LogP contribution in [0.1, 0.15) is 44.6 Å². The zero-order chi connectivity index (χ0) is 16.5. The summed E-state index contributed by atoms with van der Waals surface area (Å²) in [5, 5.41) is 15.9.